The number of aromatic hydroxyl groups is 2. The summed E-state index contributed by atoms with van der Waals surface area (Å²) in [6.45, 7) is 0.548. The molecule has 0 unspecified atom stereocenters. The van der Waals surface area contributed by atoms with Crippen LogP contribution in [0.15, 0.2) is 42.7 Å². The summed E-state index contributed by atoms with van der Waals surface area (Å²) < 4.78 is 13.4. The summed E-state index contributed by atoms with van der Waals surface area (Å²) in [6.07, 6.45) is 2.05. The number of nitrogens with one attached hydrogen (secondary N) is 1. The minimum atomic E-state index is -0.339. The number of hydrogen-bond donors (Lipinski definition) is 3. The van der Waals surface area contributed by atoms with Gasteiger partial charge in [0.1, 0.15) is 18.0 Å². The summed E-state index contributed by atoms with van der Waals surface area (Å²) in [7, 11) is 0. The molecular formula is C16H14FN3O2. The van der Waals surface area contributed by atoms with E-state index in [9.17, 15) is 14.6 Å². The van der Waals surface area contributed by atoms with Crippen molar-refractivity contribution >= 4 is 16.7 Å². The first-order chi connectivity index (χ1) is 10.6. The first kappa shape index (κ1) is 14.1. The Morgan fingerprint density at radius 1 is 1.00 bits per heavy atom. The molecule has 112 valence electrons. The summed E-state index contributed by atoms with van der Waals surface area (Å²) in [4.78, 5) is 8.22. The lowest BCUT2D eigenvalue weighted by Crippen LogP contribution is -2.07. The smallest absolute Gasteiger partial charge is 0.157 e. The van der Waals surface area contributed by atoms with E-state index in [0.717, 1.165) is 5.56 Å². The maximum Gasteiger partial charge on any atom is 0.157 e. The summed E-state index contributed by atoms with van der Waals surface area (Å²) >= 11 is 0. The average Bonchev–Trinajstić information content (AvgIpc) is 2.51. The van der Waals surface area contributed by atoms with Crippen molar-refractivity contribution in [2.75, 3.05) is 11.9 Å². The predicted octanol–water partition coefficient (Wildman–Crippen LogP) is 2.83. The van der Waals surface area contributed by atoms with Gasteiger partial charge in [-0.1, -0.05) is 6.07 Å². The third kappa shape index (κ3) is 2.90. The molecule has 0 radical (unpaired) electrons. The van der Waals surface area contributed by atoms with Crippen molar-refractivity contribution in [2.24, 2.45) is 0 Å². The van der Waals surface area contributed by atoms with Gasteiger partial charge in [-0.25, -0.2) is 14.4 Å². The highest BCUT2D eigenvalue weighted by Crippen LogP contribution is 2.25. The quantitative estimate of drug-likeness (QED) is 0.646. The Morgan fingerprint density at radius 2 is 1.86 bits per heavy atom. The standard InChI is InChI=1S/C16H14FN3O2/c17-11-2-3-13-12(8-11)16(20-9-19-13)18-6-5-10-1-4-14(21)15(22)7-10/h1-4,7-9,21-22H,5-6H2,(H,18,19,20). The molecule has 0 atom stereocenters. The van der Waals surface area contributed by atoms with E-state index in [1.54, 1.807) is 12.1 Å². The van der Waals surface area contributed by atoms with E-state index in [-0.39, 0.29) is 17.3 Å². The van der Waals surface area contributed by atoms with Crippen molar-refractivity contribution in [2.45, 2.75) is 6.42 Å². The monoisotopic (exact) mass is 299 g/mol. The Kier molecular flexibility index (Phi) is 3.74. The lowest BCUT2D eigenvalue weighted by atomic mass is 10.1. The number of nitrogens with zero attached hydrogens (tertiary/aromatic N) is 2. The van der Waals surface area contributed by atoms with Crippen molar-refractivity contribution in [3.05, 3.63) is 54.1 Å². The topological polar surface area (TPSA) is 78.3 Å². The fourth-order valence-electron chi connectivity index (χ4n) is 2.22. The van der Waals surface area contributed by atoms with Crippen LogP contribution < -0.4 is 5.32 Å². The van der Waals surface area contributed by atoms with Gasteiger partial charge in [0.15, 0.2) is 11.5 Å². The largest absolute Gasteiger partial charge is 0.504 e. The average molecular weight is 299 g/mol. The number of fused-ring (bicyclic) bond motifs is 1. The van der Waals surface area contributed by atoms with E-state index in [4.69, 9.17) is 0 Å². The Hall–Kier alpha value is -2.89. The van der Waals surface area contributed by atoms with Gasteiger partial charge in [0, 0.05) is 11.9 Å². The van der Waals surface area contributed by atoms with Crippen LogP contribution in [0.4, 0.5) is 10.2 Å². The van der Waals surface area contributed by atoms with Crippen molar-refractivity contribution in [3.8, 4) is 11.5 Å². The SMILES string of the molecule is Oc1ccc(CCNc2ncnc3ccc(F)cc23)cc1O. The van der Waals surface area contributed by atoms with Gasteiger partial charge < -0.3 is 15.5 Å². The molecule has 0 amide bonds. The van der Waals surface area contributed by atoms with Crippen LogP contribution in [-0.4, -0.2) is 26.7 Å². The zero-order valence-corrected chi connectivity index (χ0v) is 11.6. The van der Waals surface area contributed by atoms with Crippen LogP contribution in [0, 0.1) is 5.82 Å². The van der Waals surface area contributed by atoms with E-state index in [0.29, 0.717) is 29.7 Å². The molecule has 6 heteroatoms. The molecule has 0 aliphatic carbocycles. The molecule has 22 heavy (non-hydrogen) atoms. The molecule has 0 bridgehead atoms. The number of phenolic OH excluding ortho intramolecular Hbond substituents is 2. The van der Waals surface area contributed by atoms with E-state index < -0.39 is 0 Å². The van der Waals surface area contributed by atoms with E-state index >= 15 is 0 Å². The van der Waals surface area contributed by atoms with Crippen LogP contribution in [0.2, 0.25) is 0 Å². The van der Waals surface area contributed by atoms with E-state index in [1.807, 2.05) is 0 Å². The van der Waals surface area contributed by atoms with E-state index in [2.05, 4.69) is 15.3 Å². The van der Waals surface area contributed by atoms with Gasteiger partial charge in [0.25, 0.3) is 0 Å². The highest BCUT2D eigenvalue weighted by molar-refractivity contribution is 5.88. The lowest BCUT2D eigenvalue weighted by Gasteiger charge is -2.09. The first-order valence-corrected chi connectivity index (χ1v) is 6.78. The Balaban J connectivity index is 1.74. The number of anilines is 1. The van der Waals surface area contributed by atoms with Crippen molar-refractivity contribution in [1.29, 1.82) is 0 Å². The maximum absolute atomic E-state index is 13.4. The lowest BCUT2D eigenvalue weighted by molar-refractivity contribution is 0.403. The van der Waals surface area contributed by atoms with Crippen molar-refractivity contribution in [3.63, 3.8) is 0 Å². The van der Waals surface area contributed by atoms with Crippen LogP contribution in [0.5, 0.6) is 11.5 Å². The summed E-state index contributed by atoms with van der Waals surface area (Å²) in [5.41, 5.74) is 1.54. The van der Waals surface area contributed by atoms with Crippen LogP contribution in [-0.2, 0) is 6.42 Å². The van der Waals surface area contributed by atoms with Crippen LogP contribution >= 0.6 is 0 Å². The van der Waals surface area contributed by atoms with Crippen molar-refractivity contribution in [1.82, 2.24) is 9.97 Å². The Labute approximate surface area is 126 Å². The maximum atomic E-state index is 13.4. The van der Waals surface area contributed by atoms with E-state index in [1.165, 1.54) is 30.6 Å². The predicted molar refractivity (Wildman–Crippen MR) is 81.5 cm³/mol. The fourth-order valence-corrected chi connectivity index (χ4v) is 2.22. The molecule has 1 heterocycles. The highest BCUT2D eigenvalue weighted by Gasteiger charge is 2.05. The molecular weight excluding hydrogens is 285 g/mol. The molecule has 0 saturated carbocycles. The number of aromatic nitrogens is 2. The second kappa shape index (κ2) is 5.85. The Bertz CT molecular complexity index is 824. The first-order valence-electron chi connectivity index (χ1n) is 6.78. The molecule has 3 N–H and O–H groups in total. The highest BCUT2D eigenvalue weighted by atomic mass is 19.1. The van der Waals surface area contributed by atoms with Crippen LogP contribution in [0.1, 0.15) is 5.56 Å². The fraction of sp³-hybridized carbons (Fsp3) is 0.125. The zero-order valence-electron chi connectivity index (χ0n) is 11.6. The minimum Gasteiger partial charge on any atom is -0.504 e. The number of halogens is 1. The molecule has 1 aromatic heterocycles. The molecule has 0 fully saturated rings. The molecule has 0 aliphatic rings. The normalized spacial score (nSPS) is 10.8. The van der Waals surface area contributed by atoms with Gasteiger partial charge >= 0.3 is 0 Å². The van der Waals surface area contributed by atoms with Gasteiger partial charge in [-0.15, -0.1) is 0 Å². The zero-order chi connectivity index (χ0) is 15.5. The van der Waals surface area contributed by atoms with Gasteiger partial charge in [-0.05, 0) is 42.3 Å². The number of benzene rings is 2. The van der Waals surface area contributed by atoms with Crippen LogP contribution in [0.3, 0.4) is 0 Å². The second-order valence-electron chi connectivity index (χ2n) is 4.88. The molecule has 5 nitrogen and oxygen atoms in total. The third-order valence-electron chi connectivity index (χ3n) is 3.34. The minimum absolute atomic E-state index is 0.144. The van der Waals surface area contributed by atoms with Crippen molar-refractivity contribution < 1.29 is 14.6 Å². The molecule has 0 spiro atoms. The molecule has 2 aromatic carbocycles. The molecule has 0 saturated heterocycles. The van der Waals surface area contributed by atoms with Gasteiger partial charge in [0.2, 0.25) is 0 Å². The Morgan fingerprint density at radius 3 is 2.68 bits per heavy atom. The second-order valence-corrected chi connectivity index (χ2v) is 4.88. The molecule has 0 aliphatic heterocycles. The number of hydrogen-bond acceptors (Lipinski definition) is 5. The summed E-state index contributed by atoms with van der Waals surface area (Å²) in [5.74, 6) is -0.0673. The van der Waals surface area contributed by atoms with Gasteiger partial charge in [0.05, 0.1) is 5.52 Å². The number of phenols is 2. The van der Waals surface area contributed by atoms with Crippen LogP contribution in [0.25, 0.3) is 10.9 Å². The van der Waals surface area contributed by atoms with Gasteiger partial charge in [-0.3, -0.25) is 0 Å². The molecule has 3 rings (SSSR count). The number of rotatable bonds is 4. The summed E-state index contributed by atoms with van der Waals surface area (Å²) in [6, 6.07) is 9.04. The third-order valence-corrected chi connectivity index (χ3v) is 3.34. The molecule has 3 aromatic rings. The van der Waals surface area contributed by atoms with Gasteiger partial charge in [-0.2, -0.15) is 0 Å². The summed E-state index contributed by atoms with van der Waals surface area (Å²) in [5, 5.41) is 22.5.